The molecule has 0 unspecified atom stereocenters. The summed E-state index contributed by atoms with van der Waals surface area (Å²) in [5.41, 5.74) is -0.00435. The molecule has 0 fully saturated rings. The van der Waals surface area contributed by atoms with E-state index >= 15 is 0 Å². The first-order valence-corrected chi connectivity index (χ1v) is 8.17. The maximum atomic E-state index is 12.4. The number of sulfone groups is 1. The fourth-order valence-corrected chi connectivity index (χ4v) is 2.93. The zero-order valence-electron chi connectivity index (χ0n) is 10.5. The second-order valence-corrected chi connectivity index (χ2v) is 7.20. The number of carbonyl (C=O) groups excluding carboxylic acids is 1. The first kappa shape index (κ1) is 15.6. The van der Waals surface area contributed by atoms with Gasteiger partial charge in [-0.15, -0.1) is 11.3 Å². The Bertz CT molecular complexity index is 794. The fourth-order valence-electron chi connectivity index (χ4n) is 1.52. The van der Waals surface area contributed by atoms with Gasteiger partial charge in [0, 0.05) is 18.0 Å². The highest BCUT2D eigenvalue weighted by Crippen LogP contribution is 2.33. The van der Waals surface area contributed by atoms with Crippen LogP contribution in [0.15, 0.2) is 35.4 Å². The SMILES string of the molecule is CS(=O)(=O)c1cccc(C(=O)c2cnc(C(F)(F)F)s2)c1. The van der Waals surface area contributed by atoms with Crippen molar-refractivity contribution in [3.8, 4) is 0 Å². The van der Waals surface area contributed by atoms with Crippen molar-refractivity contribution in [2.45, 2.75) is 11.1 Å². The van der Waals surface area contributed by atoms with E-state index < -0.39 is 26.8 Å². The summed E-state index contributed by atoms with van der Waals surface area (Å²) in [5.74, 6) is -0.700. The van der Waals surface area contributed by atoms with Gasteiger partial charge in [-0.1, -0.05) is 12.1 Å². The Labute approximate surface area is 122 Å². The molecule has 0 spiro atoms. The van der Waals surface area contributed by atoms with Gasteiger partial charge in [0.15, 0.2) is 14.8 Å². The largest absolute Gasteiger partial charge is 0.443 e. The zero-order chi connectivity index (χ0) is 15.8. The minimum atomic E-state index is -4.61. The maximum absolute atomic E-state index is 12.4. The van der Waals surface area contributed by atoms with Gasteiger partial charge in [0.25, 0.3) is 0 Å². The molecule has 21 heavy (non-hydrogen) atoms. The monoisotopic (exact) mass is 335 g/mol. The molecular formula is C12H8F3NO3S2. The maximum Gasteiger partial charge on any atom is 0.443 e. The number of aromatic nitrogens is 1. The Balaban J connectivity index is 2.39. The molecule has 2 rings (SSSR count). The van der Waals surface area contributed by atoms with Crippen molar-refractivity contribution in [1.29, 1.82) is 0 Å². The lowest BCUT2D eigenvalue weighted by molar-refractivity contribution is -0.137. The van der Waals surface area contributed by atoms with Crippen molar-refractivity contribution in [3.63, 3.8) is 0 Å². The minimum Gasteiger partial charge on any atom is -0.288 e. The molecule has 2 aromatic rings. The first-order chi connectivity index (χ1) is 9.59. The molecule has 1 aromatic heterocycles. The number of ketones is 1. The second kappa shape index (κ2) is 5.23. The van der Waals surface area contributed by atoms with Crippen molar-refractivity contribution in [2.24, 2.45) is 0 Å². The van der Waals surface area contributed by atoms with E-state index in [2.05, 4.69) is 4.98 Å². The molecule has 0 aliphatic carbocycles. The van der Waals surface area contributed by atoms with Crippen molar-refractivity contribution in [3.05, 3.63) is 45.9 Å². The number of alkyl halides is 3. The Kier molecular flexibility index (Phi) is 3.89. The van der Waals surface area contributed by atoms with Crippen LogP contribution in [-0.4, -0.2) is 25.4 Å². The Morgan fingerprint density at radius 1 is 1.29 bits per heavy atom. The third-order valence-electron chi connectivity index (χ3n) is 2.50. The summed E-state index contributed by atoms with van der Waals surface area (Å²) in [6.07, 6.45) is -2.80. The summed E-state index contributed by atoms with van der Waals surface area (Å²) in [7, 11) is -3.50. The number of rotatable bonds is 3. The van der Waals surface area contributed by atoms with E-state index in [1.54, 1.807) is 0 Å². The molecule has 112 valence electrons. The van der Waals surface area contributed by atoms with E-state index in [1.807, 2.05) is 0 Å². The average molecular weight is 335 g/mol. The summed E-state index contributed by atoms with van der Waals surface area (Å²) in [6, 6.07) is 5.13. The summed E-state index contributed by atoms with van der Waals surface area (Å²) in [4.78, 5) is 15.0. The number of hydrogen-bond donors (Lipinski definition) is 0. The number of carbonyl (C=O) groups is 1. The molecule has 0 aliphatic rings. The van der Waals surface area contributed by atoms with Crippen LogP contribution in [0.4, 0.5) is 13.2 Å². The number of benzene rings is 1. The highest BCUT2D eigenvalue weighted by Gasteiger charge is 2.35. The molecule has 4 nitrogen and oxygen atoms in total. The van der Waals surface area contributed by atoms with Crippen LogP contribution in [-0.2, 0) is 16.0 Å². The molecule has 0 saturated heterocycles. The van der Waals surface area contributed by atoms with Gasteiger partial charge in [0.2, 0.25) is 5.78 Å². The first-order valence-electron chi connectivity index (χ1n) is 5.47. The van der Waals surface area contributed by atoms with E-state index in [-0.39, 0.29) is 26.7 Å². The van der Waals surface area contributed by atoms with E-state index in [4.69, 9.17) is 0 Å². The number of nitrogens with zero attached hydrogens (tertiary/aromatic N) is 1. The topological polar surface area (TPSA) is 64.1 Å². The third-order valence-corrected chi connectivity index (χ3v) is 4.65. The fraction of sp³-hybridized carbons (Fsp3) is 0.167. The van der Waals surface area contributed by atoms with Crippen LogP contribution in [0.3, 0.4) is 0 Å². The van der Waals surface area contributed by atoms with Crippen LogP contribution in [0.1, 0.15) is 20.2 Å². The molecule has 1 aromatic carbocycles. The molecule has 1 heterocycles. The van der Waals surface area contributed by atoms with Crippen molar-refractivity contribution >= 4 is 27.0 Å². The lowest BCUT2D eigenvalue weighted by atomic mass is 10.1. The summed E-state index contributed by atoms with van der Waals surface area (Å²) in [5, 5.41) is -1.12. The third kappa shape index (κ3) is 3.48. The van der Waals surface area contributed by atoms with Crippen molar-refractivity contribution in [2.75, 3.05) is 6.26 Å². The summed E-state index contributed by atoms with van der Waals surface area (Å²) < 4.78 is 60.2. The van der Waals surface area contributed by atoms with E-state index in [9.17, 15) is 26.4 Å². The molecular weight excluding hydrogens is 327 g/mol. The molecule has 0 saturated carbocycles. The average Bonchev–Trinajstić information content (AvgIpc) is 2.86. The molecule has 9 heteroatoms. The van der Waals surface area contributed by atoms with Gasteiger partial charge >= 0.3 is 6.18 Å². The minimum absolute atomic E-state index is 0.00435. The van der Waals surface area contributed by atoms with Gasteiger partial charge in [-0.25, -0.2) is 13.4 Å². The predicted octanol–water partition coefficient (Wildman–Crippen LogP) is 2.80. The van der Waals surface area contributed by atoms with Crippen LogP contribution in [0.2, 0.25) is 0 Å². The van der Waals surface area contributed by atoms with Crippen LogP contribution >= 0.6 is 11.3 Å². The second-order valence-electron chi connectivity index (χ2n) is 4.16. The Morgan fingerprint density at radius 3 is 2.48 bits per heavy atom. The standard InChI is InChI=1S/C12H8F3NO3S2/c1-21(18,19)8-4-2-3-7(5-8)10(17)9-6-16-11(20-9)12(13,14)15/h2-6H,1H3. The molecule has 0 bridgehead atoms. The van der Waals surface area contributed by atoms with Gasteiger partial charge in [0.05, 0.1) is 9.77 Å². The number of halogens is 3. The molecule has 0 atom stereocenters. The van der Waals surface area contributed by atoms with Crippen LogP contribution in [0.25, 0.3) is 0 Å². The molecule has 0 amide bonds. The van der Waals surface area contributed by atoms with Crippen LogP contribution < -0.4 is 0 Å². The summed E-state index contributed by atoms with van der Waals surface area (Å²) in [6.45, 7) is 0. The molecule has 0 N–H and O–H groups in total. The number of thiazole rings is 1. The van der Waals surface area contributed by atoms with E-state index in [1.165, 1.54) is 18.2 Å². The van der Waals surface area contributed by atoms with Crippen LogP contribution in [0.5, 0.6) is 0 Å². The Hall–Kier alpha value is -1.74. The van der Waals surface area contributed by atoms with Gasteiger partial charge in [-0.05, 0) is 12.1 Å². The Morgan fingerprint density at radius 2 is 1.95 bits per heavy atom. The predicted molar refractivity (Wildman–Crippen MR) is 70.1 cm³/mol. The van der Waals surface area contributed by atoms with Crippen molar-refractivity contribution < 1.29 is 26.4 Å². The van der Waals surface area contributed by atoms with Gasteiger partial charge < -0.3 is 0 Å². The summed E-state index contributed by atoms with van der Waals surface area (Å²) >= 11 is 0.221. The highest BCUT2D eigenvalue weighted by atomic mass is 32.2. The highest BCUT2D eigenvalue weighted by molar-refractivity contribution is 7.90. The van der Waals surface area contributed by atoms with E-state index in [0.29, 0.717) is 0 Å². The zero-order valence-corrected chi connectivity index (χ0v) is 12.1. The van der Waals surface area contributed by atoms with Gasteiger partial charge in [-0.3, -0.25) is 4.79 Å². The van der Waals surface area contributed by atoms with Crippen LogP contribution in [0, 0.1) is 0 Å². The normalized spacial score (nSPS) is 12.4. The van der Waals surface area contributed by atoms with Gasteiger partial charge in [0.1, 0.15) is 0 Å². The van der Waals surface area contributed by atoms with Crippen molar-refractivity contribution in [1.82, 2.24) is 4.98 Å². The molecule has 0 aliphatic heterocycles. The van der Waals surface area contributed by atoms with E-state index in [0.717, 1.165) is 18.5 Å². The van der Waals surface area contributed by atoms with Gasteiger partial charge in [-0.2, -0.15) is 13.2 Å². The molecule has 0 radical (unpaired) electrons. The number of hydrogen-bond acceptors (Lipinski definition) is 5. The quantitative estimate of drug-likeness (QED) is 0.809. The smallest absolute Gasteiger partial charge is 0.288 e. The lowest BCUT2D eigenvalue weighted by Crippen LogP contribution is -2.03. The lowest BCUT2D eigenvalue weighted by Gasteiger charge is -2.02.